The van der Waals surface area contributed by atoms with E-state index < -0.39 is 0 Å². The van der Waals surface area contributed by atoms with Crippen LogP contribution in [0.15, 0.2) is 36.9 Å². The number of nitrogens with zero attached hydrogens (tertiary/aromatic N) is 2. The van der Waals surface area contributed by atoms with Gasteiger partial charge < -0.3 is 24.7 Å². The van der Waals surface area contributed by atoms with Gasteiger partial charge in [0.05, 0.1) is 26.6 Å². The number of urea groups is 1. The van der Waals surface area contributed by atoms with Crippen LogP contribution < -0.4 is 20.1 Å². The SMILES string of the molecule is COc1ccc([C@@H](C)NC(=O)N[C@@H](C)Cn2ccnc2)c(OC)c1. The summed E-state index contributed by atoms with van der Waals surface area (Å²) >= 11 is 0. The predicted molar refractivity (Wildman–Crippen MR) is 91.3 cm³/mol. The third-order valence-corrected chi connectivity index (χ3v) is 3.68. The van der Waals surface area contributed by atoms with Gasteiger partial charge in [0.15, 0.2) is 0 Å². The molecule has 0 saturated carbocycles. The molecular weight excluding hydrogens is 308 g/mol. The number of nitrogens with one attached hydrogen (secondary N) is 2. The molecule has 0 bridgehead atoms. The maximum Gasteiger partial charge on any atom is 0.315 e. The summed E-state index contributed by atoms with van der Waals surface area (Å²) in [4.78, 5) is 16.2. The molecule has 1 aromatic heterocycles. The molecular formula is C17H24N4O3. The van der Waals surface area contributed by atoms with E-state index in [4.69, 9.17) is 9.47 Å². The average molecular weight is 332 g/mol. The van der Waals surface area contributed by atoms with Crippen molar-refractivity contribution in [3.8, 4) is 11.5 Å². The van der Waals surface area contributed by atoms with E-state index in [2.05, 4.69) is 15.6 Å². The van der Waals surface area contributed by atoms with Gasteiger partial charge in [0.25, 0.3) is 0 Å². The number of carbonyl (C=O) groups excluding carboxylic acids is 1. The Morgan fingerprint density at radius 2 is 2.04 bits per heavy atom. The molecule has 0 radical (unpaired) electrons. The summed E-state index contributed by atoms with van der Waals surface area (Å²) in [5.74, 6) is 1.38. The van der Waals surface area contributed by atoms with Gasteiger partial charge in [-0.3, -0.25) is 0 Å². The number of methoxy groups -OCH3 is 2. The standard InChI is InChI=1S/C17H24N4O3/c1-12(10-21-8-7-18-11-21)19-17(22)20-13(2)15-6-5-14(23-3)9-16(15)24-4/h5-9,11-13H,10H2,1-4H3,(H2,19,20,22)/t12-,13+/m0/s1. The largest absolute Gasteiger partial charge is 0.497 e. The van der Waals surface area contributed by atoms with Crippen LogP contribution in [0, 0.1) is 0 Å². The summed E-state index contributed by atoms with van der Waals surface area (Å²) in [6.07, 6.45) is 5.30. The van der Waals surface area contributed by atoms with E-state index in [1.807, 2.05) is 36.7 Å². The van der Waals surface area contributed by atoms with E-state index in [-0.39, 0.29) is 18.1 Å². The zero-order chi connectivity index (χ0) is 17.5. The first kappa shape index (κ1) is 17.7. The lowest BCUT2D eigenvalue weighted by Gasteiger charge is -2.20. The van der Waals surface area contributed by atoms with Crippen molar-refractivity contribution in [3.05, 3.63) is 42.5 Å². The van der Waals surface area contributed by atoms with Crippen molar-refractivity contribution in [1.82, 2.24) is 20.2 Å². The van der Waals surface area contributed by atoms with Crippen molar-refractivity contribution in [2.75, 3.05) is 14.2 Å². The highest BCUT2D eigenvalue weighted by atomic mass is 16.5. The van der Waals surface area contributed by atoms with Crippen LogP contribution in [0.2, 0.25) is 0 Å². The van der Waals surface area contributed by atoms with Crippen molar-refractivity contribution in [3.63, 3.8) is 0 Å². The molecule has 2 rings (SSSR count). The van der Waals surface area contributed by atoms with Gasteiger partial charge in [-0.2, -0.15) is 0 Å². The topological polar surface area (TPSA) is 77.4 Å². The molecule has 7 nitrogen and oxygen atoms in total. The van der Waals surface area contributed by atoms with Crippen LogP contribution in [0.3, 0.4) is 0 Å². The quantitative estimate of drug-likeness (QED) is 0.816. The van der Waals surface area contributed by atoms with Gasteiger partial charge in [0.1, 0.15) is 11.5 Å². The number of ether oxygens (including phenoxy) is 2. The van der Waals surface area contributed by atoms with Crippen molar-refractivity contribution < 1.29 is 14.3 Å². The van der Waals surface area contributed by atoms with Gasteiger partial charge in [-0.25, -0.2) is 9.78 Å². The van der Waals surface area contributed by atoms with Crippen LogP contribution in [-0.4, -0.2) is 35.8 Å². The fraction of sp³-hybridized carbons (Fsp3) is 0.412. The molecule has 0 fully saturated rings. The number of benzene rings is 1. The molecule has 2 atom stereocenters. The van der Waals surface area contributed by atoms with E-state index in [0.29, 0.717) is 18.0 Å². The Bertz CT molecular complexity index is 658. The highest BCUT2D eigenvalue weighted by Gasteiger charge is 2.16. The second-order valence-electron chi connectivity index (χ2n) is 5.61. The fourth-order valence-electron chi connectivity index (χ4n) is 2.47. The third kappa shape index (κ3) is 4.65. The van der Waals surface area contributed by atoms with Gasteiger partial charge in [-0.1, -0.05) is 0 Å². The van der Waals surface area contributed by atoms with Gasteiger partial charge >= 0.3 is 6.03 Å². The molecule has 7 heteroatoms. The fourth-order valence-corrected chi connectivity index (χ4v) is 2.47. The summed E-state index contributed by atoms with van der Waals surface area (Å²) in [6, 6.07) is 5.07. The molecule has 2 N–H and O–H groups in total. The summed E-state index contributed by atoms with van der Waals surface area (Å²) in [6.45, 7) is 4.51. The molecule has 0 aliphatic carbocycles. The Morgan fingerprint density at radius 1 is 1.25 bits per heavy atom. The Balaban J connectivity index is 1.93. The molecule has 2 amide bonds. The number of amides is 2. The van der Waals surface area contributed by atoms with E-state index in [1.165, 1.54) is 0 Å². The zero-order valence-electron chi connectivity index (χ0n) is 14.4. The molecule has 1 aromatic carbocycles. The normalized spacial score (nSPS) is 13.0. The van der Waals surface area contributed by atoms with Gasteiger partial charge in [-0.15, -0.1) is 0 Å². The van der Waals surface area contributed by atoms with Crippen molar-refractivity contribution in [1.29, 1.82) is 0 Å². The minimum Gasteiger partial charge on any atom is -0.497 e. The number of aromatic nitrogens is 2. The minimum atomic E-state index is -0.229. The first-order chi connectivity index (χ1) is 11.5. The summed E-state index contributed by atoms with van der Waals surface area (Å²) < 4.78 is 12.5. The monoisotopic (exact) mass is 332 g/mol. The van der Waals surface area contributed by atoms with Crippen LogP contribution in [0.25, 0.3) is 0 Å². The zero-order valence-corrected chi connectivity index (χ0v) is 14.4. The number of hydrogen-bond donors (Lipinski definition) is 2. The Hall–Kier alpha value is -2.70. The first-order valence-corrected chi connectivity index (χ1v) is 7.78. The molecule has 24 heavy (non-hydrogen) atoms. The molecule has 0 aliphatic heterocycles. The summed E-state index contributed by atoms with van der Waals surface area (Å²) in [5, 5.41) is 5.84. The second-order valence-corrected chi connectivity index (χ2v) is 5.61. The first-order valence-electron chi connectivity index (χ1n) is 7.78. The Morgan fingerprint density at radius 3 is 2.67 bits per heavy atom. The van der Waals surface area contributed by atoms with Gasteiger partial charge in [0.2, 0.25) is 0 Å². The summed E-state index contributed by atoms with van der Waals surface area (Å²) in [5.41, 5.74) is 0.885. The molecule has 0 aliphatic rings. The predicted octanol–water partition coefficient (Wildman–Crippen LogP) is 2.35. The van der Waals surface area contributed by atoms with Crippen LogP contribution in [0.4, 0.5) is 4.79 Å². The molecule has 0 unspecified atom stereocenters. The second kappa shape index (κ2) is 8.24. The molecule has 2 aromatic rings. The smallest absolute Gasteiger partial charge is 0.315 e. The van der Waals surface area contributed by atoms with E-state index >= 15 is 0 Å². The van der Waals surface area contributed by atoms with Crippen LogP contribution in [-0.2, 0) is 6.54 Å². The van der Waals surface area contributed by atoms with Crippen LogP contribution in [0.1, 0.15) is 25.5 Å². The molecule has 0 saturated heterocycles. The third-order valence-electron chi connectivity index (χ3n) is 3.68. The lowest BCUT2D eigenvalue weighted by atomic mass is 10.1. The number of hydrogen-bond acceptors (Lipinski definition) is 4. The maximum absolute atomic E-state index is 12.2. The van der Waals surface area contributed by atoms with Crippen molar-refractivity contribution in [2.45, 2.75) is 32.5 Å². The van der Waals surface area contributed by atoms with Gasteiger partial charge in [-0.05, 0) is 26.0 Å². The highest BCUT2D eigenvalue weighted by molar-refractivity contribution is 5.74. The maximum atomic E-state index is 12.2. The lowest BCUT2D eigenvalue weighted by molar-refractivity contribution is 0.233. The number of carbonyl (C=O) groups is 1. The number of rotatable bonds is 7. The molecule has 1 heterocycles. The van der Waals surface area contributed by atoms with Crippen LogP contribution >= 0.6 is 0 Å². The average Bonchev–Trinajstić information content (AvgIpc) is 3.06. The summed E-state index contributed by atoms with van der Waals surface area (Å²) in [7, 11) is 3.20. The Labute approximate surface area is 142 Å². The van der Waals surface area contributed by atoms with Crippen molar-refractivity contribution in [2.24, 2.45) is 0 Å². The van der Waals surface area contributed by atoms with Crippen molar-refractivity contribution >= 4 is 6.03 Å². The minimum absolute atomic E-state index is 0.0239. The molecule has 130 valence electrons. The lowest BCUT2D eigenvalue weighted by Crippen LogP contribution is -2.43. The van der Waals surface area contributed by atoms with E-state index in [0.717, 1.165) is 5.56 Å². The van der Waals surface area contributed by atoms with E-state index in [9.17, 15) is 4.79 Å². The number of imidazole rings is 1. The Kier molecular flexibility index (Phi) is 6.06. The highest BCUT2D eigenvalue weighted by Crippen LogP contribution is 2.29. The molecule has 0 spiro atoms. The van der Waals surface area contributed by atoms with Crippen LogP contribution in [0.5, 0.6) is 11.5 Å². The van der Waals surface area contributed by atoms with Gasteiger partial charge in [0, 0.05) is 36.6 Å². The van der Waals surface area contributed by atoms with E-state index in [1.54, 1.807) is 32.8 Å².